The standard InChI is InChI=1S/C24H23F3N4O3S/c1-13(32)34-12-18(14-2-5-17(6-3-14)24(25,26)27)19(28)10-29-23-30-11-21(35-23)15-4-7-20-16(8-15)9-22(33)31-20/h2-8,11,18-19H,9-10,12,28H2,1H3,(H,29,30)(H,31,33)/t18?,19-/m1/s1. The van der Waals surface area contributed by atoms with Gasteiger partial charge in [0.15, 0.2) is 5.13 Å². The van der Waals surface area contributed by atoms with Crippen LogP contribution in [0.2, 0.25) is 0 Å². The molecule has 0 radical (unpaired) electrons. The molecule has 2 aromatic carbocycles. The van der Waals surface area contributed by atoms with Crippen LogP contribution in [0.15, 0.2) is 48.7 Å². The molecular weight excluding hydrogens is 481 g/mol. The fourth-order valence-corrected chi connectivity index (χ4v) is 4.63. The van der Waals surface area contributed by atoms with Gasteiger partial charge in [0.1, 0.15) is 0 Å². The predicted molar refractivity (Wildman–Crippen MR) is 127 cm³/mol. The van der Waals surface area contributed by atoms with Crippen LogP contribution in [-0.4, -0.2) is 36.1 Å². The quantitative estimate of drug-likeness (QED) is 0.393. The molecule has 0 saturated carbocycles. The minimum atomic E-state index is -4.44. The van der Waals surface area contributed by atoms with Crippen molar-refractivity contribution in [2.45, 2.75) is 31.5 Å². The molecule has 0 bridgehead atoms. The minimum Gasteiger partial charge on any atom is -0.465 e. The third-order valence-electron chi connectivity index (χ3n) is 5.66. The first-order valence-corrected chi connectivity index (χ1v) is 11.6. The van der Waals surface area contributed by atoms with Gasteiger partial charge in [0.25, 0.3) is 0 Å². The average molecular weight is 505 g/mol. The highest BCUT2D eigenvalue weighted by atomic mass is 32.1. The van der Waals surface area contributed by atoms with Gasteiger partial charge in [-0.25, -0.2) is 4.98 Å². The fraction of sp³-hybridized carbons (Fsp3) is 0.292. The molecule has 0 fully saturated rings. The number of carbonyl (C=O) groups excluding carboxylic acids is 2. The summed E-state index contributed by atoms with van der Waals surface area (Å²) >= 11 is 1.41. The highest BCUT2D eigenvalue weighted by Crippen LogP contribution is 2.34. The number of nitrogens with one attached hydrogen (secondary N) is 2. The van der Waals surface area contributed by atoms with E-state index in [1.54, 1.807) is 6.20 Å². The van der Waals surface area contributed by atoms with Gasteiger partial charge in [0.05, 0.1) is 23.5 Å². The number of nitrogens with two attached hydrogens (primary N) is 1. The number of benzene rings is 2. The first kappa shape index (κ1) is 24.7. The van der Waals surface area contributed by atoms with Gasteiger partial charge in [-0.3, -0.25) is 9.59 Å². The Morgan fingerprint density at radius 2 is 2.00 bits per heavy atom. The largest absolute Gasteiger partial charge is 0.465 e. The molecule has 3 aromatic rings. The first-order chi connectivity index (χ1) is 16.6. The molecule has 1 aromatic heterocycles. The lowest BCUT2D eigenvalue weighted by Crippen LogP contribution is -2.38. The molecule has 4 rings (SSSR count). The first-order valence-electron chi connectivity index (χ1n) is 10.8. The number of hydrogen-bond donors (Lipinski definition) is 3. The number of fused-ring (bicyclic) bond motifs is 1. The van der Waals surface area contributed by atoms with Crippen molar-refractivity contribution in [1.29, 1.82) is 0 Å². The Morgan fingerprint density at radius 1 is 1.26 bits per heavy atom. The van der Waals surface area contributed by atoms with E-state index in [2.05, 4.69) is 15.6 Å². The predicted octanol–water partition coefficient (Wildman–Crippen LogP) is 4.41. The monoisotopic (exact) mass is 504 g/mol. The molecule has 0 spiro atoms. The van der Waals surface area contributed by atoms with Gasteiger partial charge in [0.2, 0.25) is 5.91 Å². The van der Waals surface area contributed by atoms with Crippen LogP contribution in [0.1, 0.15) is 29.5 Å². The van der Waals surface area contributed by atoms with Crippen LogP contribution in [0.25, 0.3) is 10.4 Å². The molecule has 1 amide bonds. The van der Waals surface area contributed by atoms with Gasteiger partial charge in [-0.1, -0.05) is 29.5 Å². The van der Waals surface area contributed by atoms with Gasteiger partial charge in [-0.2, -0.15) is 13.2 Å². The number of aromatic nitrogens is 1. The van der Waals surface area contributed by atoms with E-state index in [9.17, 15) is 22.8 Å². The second-order valence-corrected chi connectivity index (χ2v) is 9.23. The van der Waals surface area contributed by atoms with Crippen molar-refractivity contribution in [1.82, 2.24) is 4.98 Å². The second kappa shape index (κ2) is 10.0. The maximum Gasteiger partial charge on any atom is 0.416 e. The van der Waals surface area contributed by atoms with Crippen LogP contribution < -0.4 is 16.4 Å². The van der Waals surface area contributed by atoms with Gasteiger partial charge in [-0.15, -0.1) is 0 Å². The van der Waals surface area contributed by atoms with Crippen molar-refractivity contribution in [3.63, 3.8) is 0 Å². The molecule has 7 nitrogen and oxygen atoms in total. The molecule has 2 heterocycles. The molecular formula is C24H23F3N4O3S. The molecule has 4 N–H and O–H groups in total. The van der Waals surface area contributed by atoms with Gasteiger partial charge in [-0.05, 0) is 41.0 Å². The average Bonchev–Trinajstić information content (AvgIpc) is 3.42. The summed E-state index contributed by atoms with van der Waals surface area (Å²) in [5, 5.41) is 6.58. The van der Waals surface area contributed by atoms with Crippen LogP contribution in [0.5, 0.6) is 0 Å². The number of esters is 1. The van der Waals surface area contributed by atoms with E-state index >= 15 is 0 Å². The molecule has 1 aliphatic heterocycles. The summed E-state index contributed by atoms with van der Waals surface area (Å²) in [6.45, 7) is 1.45. The lowest BCUT2D eigenvalue weighted by Gasteiger charge is -2.24. The number of amides is 1. The zero-order valence-corrected chi connectivity index (χ0v) is 19.5. The van der Waals surface area contributed by atoms with Crippen molar-refractivity contribution >= 4 is 34.0 Å². The van der Waals surface area contributed by atoms with E-state index in [-0.39, 0.29) is 19.1 Å². The van der Waals surface area contributed by atoms with Crippen molar-refractivity contribution in [3.8, 4) is 10.4 Å². The number of alkyl halides is 3. The summed E-state index contributed by atoms with van der Waals surface area (Å²) in [6, 6.07) is 9.84. The number of anilines is 2. The van der Waals surface area contributed by atoms with Crippen molar-refractivity contribution in [3.05, 3.63) is 65.4 Å². The zero-order chi connectivity index (χ0) is 25.2. The summed E-state index contributed by atoms with van der Waals surface area (Å²) in [4.78, 5) is 28.2. The SMILES string of the molecule is CC(=O)OCC(c1ccc(C(F)(F)F)cc1)[C@H](N)CNc1ncc(-c2ccc3c(c2)CC(=O)N3)s1. The van der Waals surface area contributed by atoms with Crippen LogP contribution in [0, 0.1) is 0 Å². The summed E-state index contributed by atoms with van der Waals surface area (Å²) in [6.07, 6.45) is -2.38. The topological polar surface area (TPSA) is 106 Å². The third-order valence-corrected chi connectivity index (χ3v) is 6.66. The van der Waals surface area contributed by atoms with Crippen LogP contribution in [0.4, 0.5) is 24.0 Å². The number of halogens is 3. The second-order valence-electron chi connectivity index (χ2n) is 8.20. The number of carbonyl (C=O) groups is 2. The van der Waals surface area contributed by atoms with Crippen LogP contribution in [0.3, 0.4) is 0 Å². The van der Waals surface area contributed by atoms with Gasteiger partial charge < -0.3 is 21.1 Å². The highest BCUT2D eigenvalue weighted by Gasteiger charge is 2.31. The lowest BCUT2D eigenvalue weighted by atomic mass is 9.91. The molecule has 0 saturated heterocycles. The Balaban J connectivity index is 1.44. The molecule has 35 heavy (non-hydrogen) atoms. The van der Waals surface area contributed by atoms with E-state index in [4.69, 9.17) is 10.5 Å². The smallest absolute Gasteiger partial charge is 0.416 e. The molecule has 11 heteroatoms. The van der Waals surface area contributed by atoms with E-state index in [1.165, 1.54) is 30.4 Å². The van der Waals surface area contributed by atoms with Crippen molar-refractivity contribution in [2.75, 3.05) is 23.8 Å². The lowest BCUT2D eigenvalue weighted by molar-refractivity contribution is -0.141. The number of nitrogens with zero attached hydrogens (tertiary/aromatic N) is 1. The number of rotatable bonds is 8. The summed E-state index contributed by atoms with van der Waals surface area (Å²) in [5.41, 5.74) is 8.82. The number of thiazole rings is 1. The third kappa shape index (κ3) is 5.98. The van der Waals surface area contributed by atoms with E-state index < -0.39 is 29.7 Å². The fourth-order valence-electron chi connectivity index (χ4n) is 3.81. The normalized spacial score (nSPS) is 14.7. The number of hydrogen-bond acceptors (Lipinski definition) is 7. The Bertz CT molecular complexity index is 1230. The summed E-state index contributed by atoms with van der Waals surface area (Å²) in [7, 11) is 0. The minimum absolute atomic E-state index is 0.0332. The maximum atomic E-state index is 12.9. The van der Waals surface area contributed by atoms with Crippen LogP contribution >= 0.6 is 11.3 Å². The Morgan fingerprint density at radius 3 is 2.69 bits per heavy atom. The van der Waals surface area contributed by atoms with E-state index in [1.807, 2.05) is 18.2 Å². The van der Waals surface area contributed by atoms with Crippen molar-refractivity contribution < 1.29 is 27.5 Å². The maximum absolute atomic E-state index is 12.9. The molecule has 1 aliphatic rings. The van der Waals surface area contributed by atoms with Crippen molar-refractivity contribution in [2.24, 2.45) is 5.73 Å². The molecule has 0 aliphatic carbocycles. The summed E-state index contributed by atoms with van der Waals surface area (Å²) < 4.78 is 43.9. The van der Waals surface area contributed by atoms with E-state index in [0.29, 0.717) is 17.1 Å². The number of ether oxygens (including phenoxy) is 1. The molecule has 1 unspecified atom stereocenters. The van der Waals surface area contributed by atoms with Gasteiger partial charge in [0, 0.05) is 37.3 Å². The van der Waals surface area contributed by atoms with Gasteiger partial charge >= 0.3 is 12.1 Å². The molecule has 184 valence electrons. The Labute approximate surface area is 203 Å². The van der Waals surface area contributed by atoms with E-state index in [0.717, 1.165) is 33.8 Å². The highest BCUT2D eigenvalue weighted by molar-refractivity contribution is 7.18. The molecule has 2 atom stereocenters. The zero-order valence-electron chi connectivity index (χ0n) is 18.7. The Hall–Kier alpha value is -3.44. The Kier molecular flexibility index (Phi) is 7.08. The van der Waals surface area contributed by atoms with Crippen LogP contribution in [-0.2, 0) is 26.9 Å². The summed E-state index contributed by atoms with van der Waals surface area (Å²) in [5.74, 6) is -1.05.